The van der Waals surface area contributed by atoms with Crippen LogP contribution >= 0.6 is 0 Å². The van der Waals surface area contributed by atoms with Gasteiger partial charge in [0.25, 0.3) is 0 Å². The lowest BCUT2D eigenvalue weighted by Crippen LogP contribution is -2.47. The largest absolute Gasteiger partial charge is 0.496 e. The van der Waals surface area contributed by atoms with Crippen LogP contribution in [-0.4, -0.2) is 20.3 Å². The zero-order valence-electron chi connectivity index (χ0n) is 10.5. The number of rotatable bonds is 3. The summed E-state index contributed by atoms with van der Waals surface area (Å²) in [4.78, 5) is 0. The highest BCUT2D eigenvalue weighted by molar-refractivity contribution is 5.46. The number of hydrogen-bond donors (Lipinski definition) is 0. The smallest absolute Gasteiger partial charge is 0.122 e. The second-order valence-corrected chi connectivity index (χ2v) is 4.74. The summed E-state index contributed by atoms with van der Waals surface area (Å²) in [6, 6.07) is 6.45. The maximum absolute atomic E-state index is 8.96. The predicted octanol–water partition coefficient (Wildman–Crippen LogP) is 2.49. The summed E-state index contributed by atoms with van der Waals surface area (Å²) in [5, 5.41) is 8.96. The summed E-state index contributed by atoms with van der Waals surface area (Å²) in [5.41, 5.74) is 3.41. The highest BCUT2D eigenvalue weighted by Gasteiger charge is 2.41. The van der Waals surface area contributed by atoms with E-state index < -0.39 is 0 Å². The molecule has 90 valence electrons. The van der Waals surface area contributed by atoms with Gasteiger partial charge in [0.05, 0.1) is 31.8 Å². The molecule has 17 heavy (non-hydrogen) atoms. The van der Waals surface area contributed by atoms with Gasteiger partial charge in [0.15, 0.2) is 0 Å². The van der Waals surface area contributed by atoms with Gasteiger partial charge in [0.2, 0.25) is 0 Å². The molecular weight excluding hydrogens is 214 g/mol. The van der Waals surface area contributed by atoms with Crippen molar-refractivity contribution in [2.45, 2.75) is 25.7 Å². The molecule has 0 radical (unpaired) electrons. The van der Waals surface area contributed by atoms with Crippen molar-refractivity contribution in [1.29, 1.82) is 5.26 Å². The Kier molecular flexibility index (Phi) is 3.08. The van der Waals surface area contributed by atoms with Crippen molar-refractivity contribution in [1.82, 2.24) is 0 Å². The minimum absolute atomic E-state index is 0.101. The first kappa shape index (κ1) is 11.9. The molecule has 0 spiro atoms. The molecule has 1 aliphatic heterocycles. The van der Waals surface area contributed by atoms with Gasteiger partial charge < -0.3 is 9.47 Å². The van der Waals surface area contributed by atoms with Gasteiger partial charge >= 0.3 is 0 Å². The summed E-state index contributed by atoms with van der Waals surface area (Å²) >= 11 is 0. The van der Waals surface area contributed by atoms with E-state index in [2.05, 4.69) is 19.1 Å². The predicted molar refractivity (Wildman–Crippen MR) is 65.2 cm³/mol. The molecule has 1 aliphatic rings. The Morgan fingerprint density at radius 1 is 1.35 bits per heavy atom. The fourth-order valence-corrected chi connectivity index (χ4v) is 2.43. The van der Waals surface area contributed by atoms with E-state index in [1.807, 2.05) is 13.0 Å². The lowest BCUT2D eigenvalue weighted by molar-refractivity contribution is -0.0580. The van der Waals surface area contributed by atoms with Gasteiger partial charge in [-0.25, -0.2) is 0 Å². The van der Waals surface area contributed by atoms with E-state index in [0.29, 0.717) is 19.6 Å². The summed E-state index contributed by atoms with van der Waals surface area (Å²) in [6.07, 6.45) is 0.514. The van der Waals surface area contributed by atoms with Crippen LogP contribution in [0.25, 0.3) is 0 Å². The highest BCUT2D eigenvalue weighted by atomic mass is 16.5. The van der Waals surface area contributed by atoms with Gasteiger partial charge in [-0.2, -0.15) is 5.26 Å². The van der Waals surface area contributed by atoms with Gasteiger partial charge in [-0.1, -0.05) is 6.07 Å². The number of nitrogens with zero attached hydrogens (tertiary/aromatic N) is 1. The van der Waals surface area contributed by atoms with Gasteiger partial charge in [0, 0.05) is 6.42 Å². The van der Waals surface area contributed by atoms with Crippen LogP contribution in [0.15, 0.2) is 12.1 Å². The van der Waals surface area contributed by atoms with Crippen molar-refractivity contribution in [2.24, 2.45) is 0 Å². The first-order valence-electron chi connectivity index (χ1n) is 5.73. The second kappa shape index (κ2) is 4.38. The quantitative estimate of drug-likeness (QED) is 0.802. The molecule has 0 unspecified atom stereocenters. The summed E-state index contributed by atoms with van der Waals surface area (Å²) in [5.74, 6) is 0.901. The highest BCUT2D eigenvalue weighted by Crippen LogP contribution is 2.39. The number of ether oxygens (including phenoxy) is 2. The van der Waals surface area contributed by atoms with Crippen LogP contribution in [0.1, 0.15) is 23.1 Å². The molecule has 1 aromatic rings. The molecule has 0 bridgehead atoms. The summed E-state index contributed by atoms with van der Waals surface area (Å²) < 4.78 is 10.6. The van der Waals surface area contributed by atoms with Crippen LogP contribution in [0.5, 0.6) is 5.75 Å². The number of aryl methyl sites for hydroxylation is 2. The molecule has 1 saturated heterocycles. The Morgan fingerprint density at radius 3 is 2.53 bits per heavy atom. The number of hydrogen-bond acceptors (Lipinski definition) is 3. The Bertz CT molecular complexity index is 470. The normalized spacial score (nSPS) is 17.1. The molecule has 1 heterocycles. The average molecular weight is 231 g/mol. The Hall–Kier alpha value is -1.53. The zero-order chi connectivity index (χ0) is 12.5. The van der Waals surface area contributed by atoms with Crippen LogP contribution in [0.3, 0.4) is 0 Å². The van der Waals surface area contributed by atoms with E-state index in [4.69, 9.17) is 14.7 Å². The molecule has 0 amide bonds. The molecule has 3 heteroatoms. The Balaban J connectivity index is 2.45. The van der Waals surface area contributed by atoms with Crippen LogP contribution in [0.4, 0.5) is 0 Å². The maximum Gasteiger partial charge on any atom is 0.122 e. The molecule has 3 nitrogen and oxygen atoms in total. The van der Waals surface area contributed by atoms with Gasteiger partial charge in [-0.15, -0.1) is 0 Å². The first-order chi connectivity index (χ1) is 8.13. The third-order valence-electron chi connectivity index (χ3n) is 3.49. The second-order valence-electron chi connectivity index (χ2n) is 4.74. The topological polar surface area (TPSA) is 42.2 Å². The van der Waals surface area contributed by atoms with Crippen LogP contribution in [0.2, 0.25) is 0 Å². The number of benzene rings is 1. The first-order valence-corrected chi connectivity index (χ1v) is 5.73. The molecular formula is C14H17NO2. The fraction of sp³-hybridized carbons (Fsp3) is 0.500. The van der Waals surface area contributed by atoms with E-state index >= 15 is 0 Å². The molecule has 1 fully saturated rings. The fourth-order valence-electron chi connectivity index (χ4n) is 2.43. The van der Waals surface area contributed by atoms with E-state index in [0.717, 1.165) is 11.3 Å². The molecule has 0 aromatic heterocycles. The SMILES string of the molecule is COc1cc(C)c(C2(CC#N)COC2)cc1C. The van der Waals surface area contributed by atoms with Crippen molar-refractivity contribution < 1.29 is 9.47 Å². The van der Waals surface area contributed by atoms with E-state index in [1.165, 1.54) is 11.1 Å². The van der Waals surface area contributed by atoms with Crippen LogP contribution in [-0.2, 0) is 10.2 Å². The lowest BCUT2D eigenvalue weighted by atomic mass is 9.74. The van der Waals surface area contributed by atoms with Crippen molar-refractivity contribution in [3.8, 4) is 11.8 Å². The number of nitriles is 1. The third-order valence-corrected chi connectivity index (χ3v) is 3.49. The Labute approximate surface area is 102 Å². The van der Waals surface area contributed by atoms with Crippen LogP contribution in [0, 0.1) is 25.2 Å². The van der Waals surface area contributed by atoms with Crippen molar-refractivity contribution in [3.05, 3.63) is 28.8 Å². The molecule has 0 saturated carbocycles. The average Bonchev–Trinajstić information content (AvgIpc) is 2.26. The molecule has 2 rings (SSSR count). The van der Waals surface area contributed by atoms with E-state index in [9.17, 15) is 0 Å². The third kappa shape index (κ3) is 1.89. The maximum atomic E-state index is 8.96. The minimum atomic E-state index is -0.101. The van der Waals surface area contributed by atoms with Crippen LogP contribution < -0.4 is 4.74 Å². The molecule has 0 N–H and O–H groups in total. The standard InChI is InChI=1S/C14H17NO2/c1-10-7-13(16-3)11(2)6-12(10)14(4-5-15)8-17-9-14/h6-7H,4,8-9H2,1-3H3. The van der Waals surface area contributed by atoms with E-state index in [-0.39, 0.29) is 5.41 Å². The van der Waals surface area contributed by atoms with Crippen molar-refractivity contribution >= 4 is 0 Å². The molecule has 0 atom stereocenters. The van der Waals surface area contributed by atoms with Gasteiger partial charge in [-0.05, 0) is 36.6 Å². The Morgan fingerprint density at radius 2 is 2.06 bits per heavy atom. The van der Waals surface area contributed by atoms with Gasteiger partial charge in [-0.3, -0.25) is 0 Å². The molecule has 0 aliphatic carbocycles. The monoisotopic (exact) mass is 231 g/mol. The van der Waals surface area contributed by atoms with Crippen molar-refractivity contribution in [2.75, 3.05) is 20.3 Å². The summed E-state index contributed by atoms with van der Waals surface area (Å²) in [6.45, 7) is 5.39. The lowest BCUT2D eigenvalue weighted by Gasteiger charge is -2.41. The van der Waals surface area contributed by atoms with E-state index in [1.54, 1.807) is 7.11 Å². The van der Waals surface area contributed by atoms with Gasteiger partial charge in [0.1, 0.15) is 5.75 Å². The minimum Gasteiger partial charge on any atom is -0.496 e. The zero-order valence-corrected chi connectivity index (χ0v) is 10.5. The number of methoxy groups -OCH3 is 1. The summed E-state index contributed by atoms with van der Waals surface area (Å²) in [7, 11) is 1.68. The molecule has 1 aromatic carbocycles. The van der Waals surface area contributed by atoms with Crippen molar-refractivity contribution in [3.63, 3.8) is 0 Å².